The smallest absolute Gasteiger partial charge is 0.323 e. The van der Waals surface area contributed by atoms with E-state index < -0.39 is 35.7 Å². The topological polar surface area (TPSA) is 26.0 Å². The Bertz CT molecular complexity index is 435. The first kappa shape index (κ1) is 15.7. The predicted octanol–water partition coefficient (Wildman–Crippen LogP) is 3.87. The highest BCUT2D eigenvalue weighted by atomic mass is 19.4. The lowest BCUT2D eigenvalue weighted by Gasteiger charge is -2.28. The zero-order valence-electron chi connectivity index (χ0n) is 9.61. The van der Waals surface area contributed by atoms with Crippen molar-refractivity contribution in [3.8, 4) is 0 Å². The molecule has 0 bridgehead atoms. The van der Waals surface area contributed by atoms with Crippen molar-refractivity contribution >= 4 is 0 Å². The number of aryl methyl sites for hydroxylation is 1. The molecule has 0 aliphatic rings. The van der Waals surface area contributed by atoms with Crippen LogP contribution in [0.25, 0.3) is 0 Å². The molecule has 1 atom stereocenters. The Balaban J connectivity index is 3.28. The summed E-state index contributed by atoms with van der Waals surface area (Å²) in [6, 6.07) is 0.348. The van der Waals surface area contributed by atoms with E-state index in [1.165, 1.54) is 13.0 Å². The molecule has 0 saturated heterocycles. The van der Waals surface area contributed by atoms with E-state index in [-0.39, 0.29) is 0 Å². The molecule has 0 spiro atoms. The first-order valence-electron chi connectivity index (χ1n) is 5.09. The molecule has 0 heterocycles. The largest absolute Gasteiger partial charge is 0.402 e. The van der Waals surface area contributed by atoms with Crippen molar-refractivity contribution in [3.63, 3.8) is 0 Å². The van der Waals surface area contributed by atoms with Crippen molar-refractivity contribution in [2.75, 3.05) is 0 Å². The fourth-order valence-corrected chi connectivity index (χ4v) is 1.69. The van der Waals surface area contributed by atoms with Crippen LogP contribution in [0.4, 0.5) is 30.7 Å². The highest BCUT2D eigenvalue weighted by Gasteiger charge is 2.60. The van der Waals surface area contributed by atoms with Gasteiger partial charge in [-0.15, -0.1) is 0 Å². The minimum Gasteiger partial charge on any atom is -0.323 e. The standard InChI is InChI=1S/C11H10F7N/c1-5-2-3-7(12)6(4-5)8(19)9(10(13,14)15)11(16,17)18/h2-4,8-9H,19H2,1H3. The average Bonchev–Trinajstić information content (AvgIpc) is 2.17. The molecule has 1 rings (SSSR count). The molecule has 1 unspecified atom stereocenters. The van der Waals surface area contributed by atoms with Gasteiger partial charge in [0.05, 0.1) is 6.04 Å². The van der Waals surface area contributed by atoms with Gasteiger partial charge in [0.25, 0.3) is 0 Å². The fourth-order valence-electron chi connectivity index (χ4n) is 1.69. The third kappa shape index (κ3) is 3.59. The first-order chi connectivity index (χ1) is 8.44. The summed E-state index contributed by atoms with van der Waals surface area (Å²) in [5.41, 5.74) is 4.51. The van der Waals surface area contributed by atoms with E-state index in [2.05, 4.69) is 0 Å². The van der Waals surface area contributed by atoms with Crippen molar-refractivity contribution < 1.29 is 30.7 Å². The van der Waals surface area contributed by atoms with Gasteiger partial charge in [0.15, 0.2) is 5.92 Å². The van der Waals surface area contributed by atoms with Crippen molar-refractivity contribution in [1.82, 2.24) is 0 Å². The number of hydrogen-bond acceptors (Lipinski definition) is 1. The Kier molecular flexibility index (Phi) is 4.14. The lowest BCUT2D eigenvalue weighted by atomic mass is 9.91. The van der Waals surface area contributed by atoms with Crippen LogP contribution in [0.5, 0.6) is 0 Å². The van der Waals surface area contributed by atoms with Crippen LogP contribution in [0, 0.1) is 18.7 Å². The van der Waals surface area contributed by atoms with Gasteiger partial charge in [0, 0.05) is 5.56 Å². The molecular formula is C11H10F7N. The lowest BCUT2D eigenvalue weighted by Crippen LogP contribution is -2.44. The molecule has 0 amide bonds. The summed E-state index contributed by atoms with van der Waals surface area (Å²) in [6.07, 6.45) is -11.2. The molecule has 0 saturated carbocycles. The van der Waals surface area contributed by atoms with Gasteiger partial charge in [0.2, 0.25) is 0 Å². The van der Waals surface area contributed by atoms with E-state index in [0.717, 1.165) is 12.1 Å². The van der Waals surface area contributed by atoms with Gasteiger partial charge in [-0.25, -0.2) is 4.39 Å². The molecule has 2 N–H and O–H groups in total. The summed E-state index contributed by atoms with van der Waals surface area (Å²) >= 11 is 0. The molecule has 0 fully saturated rings. The van der Waals surface area contributed by atoms with Crippen molar-refractivity contribution in [2.24, 2.45) is 11.7 Å². The molecule has 0 radical (unpaired) electrons. The van der Waals surface area contributed by atoms with Gasteiger partial charge in [-0.3, -0.25) is 0 Å². The van der Waals surface area contributed by atoms with Crippen LogP contribution in [-0.2, 0) is 0 Å². The summed E-state index contributed by atoms with van der Waals surface area (Å²) in [6.45, 7) is 1.41. The Morgan fingerprint density at radius 1 is 1.00 bits per heavy atom. The summed E-state index contributed by atoms with van der Waals surface area (Å²) in [5, 5.41) is 0. The van der Waals surface area contributed by atoms with Crippen LogP contribution in [-0.4, -0.2) is 12.4 Å². The molecule has 0 aliphatic carbocycles. The summed E-state index contributed by atoms with van der Waals surface area (Å²) in [5.74, 6) is -5.01. The van der Waals surface area contributed by atoms with Gasteiger partial charge in [-0.2, -0.15) is 26.3 Å². The number of rotatable bonds is 2. The Morgan fingerprint density at radius 3 is 1.89 bits per heavy atom. The molecular weight excluding hydrogens is 279 g/mol. The van der Waals surface area contributed by atoms with E-state index in [0.29, 0.717) is 5.56 Å². The minimum atomic E-state index is -5.60. The Morgan fingerprint density at radius 2 is 1.47 bits per heavy atom. The van der Waals surface area contributed by atoms with Crippen LogP contribution < -0.4 is 5.73 Å². The van der Waals surface area contributed by atoms with Crippen molar-refractivity contribution in [3.05, 3.63) is 35.1 Å². The monoisotopic (exact) mass is 289 g/mol. The van der Waals surface area contributed by atoms with Crippen LogP contribution in [0.2, 0.25) is 0 Å². The third-order valence-corrected chi connectivity index (χ3v) is 2.58. The molecule has 1 aromatic rings. The number of nitrogens with two attached hydrogens (primary N) is 1. The second kappa shape index (κ2) is 4.99. The second-order valence-electron chi connectivity index (χ2n) is 4.11. The van der Waals surface area contributed by atoms with Crippen molar-refractivity contribution in [2.45, 2.75) is 25.3 Å². The zero-order valence-corrected chi connectivity index (χ0v) is 9.61. The lowest BCUT2D eigenvalue weighted by molar-refractivity contribution is -0.290. The van der Waals surface area contributed by atoms with Gasteiger partial charge >= 0.3 is 12.4 Å². The zero-order chi connectivity index (χ0) is 15.0. The Hall–Kier alpha value is -1.31. The van der Waals surface area contributed by atoms with Crippen LogP contribution in [0.1, 0.15) is 17.2 Å². The highest BCUT2D eigenvalue weighted by Crippen LogP contribution is 2.45. The maximum atomic E-state index is 13.3. The summed E-state index contributed by atoms with van der Waals surface area (Å²) < 4.78 is 88.1. The van der Waals surface area contributed by atoms with E-state index >= 15 is 0 Å². The van der Waals surface area contributed by atoms with Crippen LogP contribution >= 0.6 is 0 Å². The average molecular weight is 289 g/mol. The quantitative estimate of drug-likeness (QED) is 0.822. The minimum absolute atomic E-state index is 0.315. The molecule has 0 aromatic heterocycles. The Labute approximate surface area is 104 Å². The molecule has 1 nitrogen and oxygen atoms in total. The SMILES string of the molecule is Cc1ccc(F)c(C(N)C(C(F)(F)F)C(F)(F)F)c1. The number of alkyl halides is 6. The molecule has 19 heavy (non-hydrogen) atoms. The molecule has 108 valence electrons. The molecule has 8 heteroatoms. The van der Waals surface area contributed by atoms with E-state index in [1.807, 2.05) is 0 Å². The van der Waals surface area contributed by atoms with Crippen LogP contribution in [0.3, 0.4) is 0 Å². The van der Waals surface area contributed by atoms with Crippen LogP contribution in [0.15, 0.2) is 18.2 Å². The van der Waals surface area contributed by atoms with Gasteiger partial charge in [-0.1, -0.05) is 17.7 Å². The first-order valence-corrected chi connectivity index (χ1v) is 5.09. The number of benzene rings is 1. The van der Waals surface area contributed by atoms with Gasteiger partial charge in [0.1, 0.15) is 5.82 Å². The molecule has 1 aromatic carbocycles. The summed E-state index contributed by atoms with van der Waals surface area (Å²) in [4.78, 5) is 0. The molecule has 0 aliphatic heterocycles. The predicted molar refractivity (Wildman–Crippen MR) is 53.7 cm³/mol. The van der Waals surface area contributed by atoms with Crippen molar-refractivity contribution in [1.29, 1.82) is 0 Å². The number of halogens is 7. The summed E-state index contributed by atoms with van der Waals surface area (Å²) in [7, 11) is 0. The maximum absolute atomic E-state index is 13.3. The van der Waals surface area contributed by atoms with E-state index in [4.69, 9.17) is 5.73 Å². The highest BCUT2D eigenvalue weighted by molar-refractivity contribution is 5.27. The fraction of sp³-hybridized carbons (Fsp3) is 0.455. The van der Waals surface area contributed by atoms with E-state index in [9.17, 15) is 30.7 Å². The van der Waals surface area contributed by atoms with Gasteiger partial charge < -0.3 is 5.73 Å². The third-order valence-electron chi connectivity index (χ3n) is 2.58. The van der Waals surface area contributed by atoms with Gasteiger partial charge in [-0.05, 0) is 13.0 Å². The number of hydrogen-bond donors (Lipinski definition) is 1. The van der Waals surface area contributed by atoms with E-state index in [1.54, 1.807) is 0 Å². The maximum Gasteiger partial charge on any atom is 0.402 e. The normalized spacial score (nSPS) is 14.8. The second-order valence-corrected chi connectivity index (χ2v) is 4.11.